The Morgan fingerprint density at radius 2 is 1.73 bits per heavy atom. The fourth-order valence-electron chi connectivity index (χ4n) is 3.64. The highest BCUT2D eigenvalue weighted by Gasteiger charge is 2.27. The van der Waals surface area contributed by atoms with Gasteiger partial charge in [0.1, 0.15) is 6.17 Å². The van der Waals surface area contributed by atoms with E-state index in [1.54, 1.807) is 0 Å². The molecule has 2 aliphatic rings. The first-order valence-electron chi connectivity index (χ1n) is 9.13. The van der Waals surface area contributed by atoms with E-state index in [1.807, 2.05) is 17.2 Å². The average molecular weight is 373 g/mol. The largest absolute Gasteiger partial charge is 0.323 e. The first kappa shape index (κ1) is 17.8. The van der Waals surface area contributed by atoms with Crippen LogP contribution in [-0.2, 0) is 11.4 Å². The lowest BCUT2D eigenvalue weighted by Gasteiger charge is -2.39. The minimum Gasteiger partial charge on any atom is -0.323 e. The number of hydrogen-bond donors (Lipinski definition) is 1. The molecule has 5 nitrogen and oxygen atoms in total. The number of fused-ring (bicyclic) bond motifs is 2. The minimum absolute atomic E-state index is 0.0340. The van der Waals surface area contributed by atoms with Crippen molar-refractivity contribution < 1.29 is 4.94 Å². The molecule has 0 bridgehead atoms. The number of para-hydroxylation sites is 1. The van der Waals surface area contributed by atoms with Crippen molar-refractivity contribution in [2.75, 3.05) is 38.1 Å². The van der Waals surface area contributed by atoms with E-state index in [0.717, 1.165) is 43.3 Å². The fourth-order valence-corrected chi connectivity index (χ4v) is 3.81. The zero-order valence-corrected chi connectivity index (χ0v) is 16.0. The van der Waals surface area contributed by atoms with Crippen molar-refractivity contribution in [3.63, 3.8) is 0 Å². The number of benzene rings is 2. The van der Waals surface area contributed by atoms with E-state index in [1.165, 1.54) is 16.8 Å². The Bertz CT molecular complexity index is 776. The summed E-state index contributed by atoms with van der Waals surface area (Å²) in [4.78, 5) is 10.5. The van der Waals surface area contributed by atoms with Crippen LogP contribution in [0.15, 0.2) is 42.5 Å². The first-order chi connectivity index (χ1) is 12.6. The van der Waals surface area contributed by atoms with Crippen molar-refractivity contribution in [1.29, 1.82) is 0 Å². The van der Waals surface area contributed by atoms with E-state index < -0.39 is 0 Å². The monoisotopic (exact) mass is 372 g/mol. The van der Waals surface area contributed by atoms with Crippen molar-refractivity contribution in [3.8, 4) is 0 Å². The van der Waals surface area contributed by atoms with E-state index in [9.17, 15) is 0 Å². The van der Waals surface area contributed by atoms with E-state index >= 15 is 0 Å². The maximum atomic E-state index is 6.30. The molecule has 4 rings (SSSR count). The predicted molar refractivity (Wildman–Crippen MR) is 106 cm³/mol. The van der Waals surface area contributed by atoms with Crippen molar-refractivity contribution in [1.82, 2.24) is 15.4 Å². The molecule has 26 heavy (non-hydrogen) atoms. The molecule has 138 valence electrons. The predicted octanol–water partition coefficient (Wildman–Crippen LogP) is 3.41. The lowest BCUT2D eigenvalue weighted by molar-refractivity contribution is -0.229. The third-order valence-corrected chi connectivity index (χ3v) is 5.38. The quantitative estimate of drug-likeness (QED) is 0.831. The highest BCUT2D eigenvalue weighted by Crippen LogP contribution is 2.40. The molecule has 1 saturated heterocycles. The first-order valence-corrected chi connectivity index (χ1v) is 9.51. The van der Waals surface area contributed by atoms with Gasteiger partial charge in [0.05, 0.1) is 0 Å². The van der Waals surface area contributed by atoms with Crippen molar-refractivity contribution in [3.05, 3.63) is 58.6 Å². The van der Waals surface area contributed by atoms with Crippen LogP contribution in [0.3, 0.4) is 0 Å². The van der Waals surface area contributed by atoms with Crippen LogP contribution in [0.5, 0.6) is 0 Å². The van der Waals surface area contributed by atoms with Gasteiger partial charge in [-0.1, -0.05) is 35.9 Å². The second kappa shape index (κ2) is 7.55. The van der Waals surface area contributed by atoms with Gasteiger partial charge in [-0.05, 0) is 43.3 Å². The van der Waals surface area contributed by atoms with Crippen molar-refractivity contribution in [2.24, 2.45) is 0 Å². The SMILES string of the molecule is CC(NON1CCN(C)CC1)N1c2ccccc2Cc2ccc(Cl)cc21. The van der Waals surface area contributed by atoms with Gasteiger partial charge in [-0.2, -0.15) is 10.5 Å². The number of likely N-dealkylation sites (N-methyl/N-ethyl adjacent to an activating group) is 1. The molecule has 0 aliphatic carbocycles. The molecule has 1 fully saturated rings. The number of piperazine rings is 1. The minimum atomic E-state index is -0.0340. The second-order valence-electron chi connectivity index (χ2n) is 7.07. The maximum Gasteiger partial charge on any atom is 0.106 e. The molecule has 0 saturated carbocycles. The summed E-state index contributed by atoms with van der Waals surface area (Å²) < 4.78 is 0. The summed E-state index contributed by atoms with van der Waals surface area (Å²) in [6, 6.07) is 14.6. The summed E-state index contributed by atoms with van der Waals surface area (Å²) >= 11 is 6.30. The van der Waals surface area contributed by atoms with Gasteiger partial charge in [0, 0.05) is 49.0 Å². The number of hydrogen-bond acceptors (Lipinski definition) is 5. The van der Waals surface area contributed by atoms with E-state index in [-0.39, 0.29) is 6.17 Å². The fraction of sp³-hybridized carbons (Fsp3) is 0.400. The van der Waals surface area contributed by atoms with E-state index in [2.05, 4.69) is 59.6 Å². The molecule has 0 aromatic heterocycles. The summed E-state index contributed by atoms with van der Waals surface area (Å²) in [5, 5.41) is 2.74. The van der Waals surface area contributed by atoms with Gasteiger partial charge < -0.3 is 9.80 Å². The Labute approximate surface area is 160 Å². The molecule has 1 unspecified atom stereocenters. The number of nitrogens with zero attached hydrogens (tertiary/aromatic N) is 3. The van der Waals surface area contributed by atoms with Crippen LogP contribution in [0.1, 0.15) is 18.1 Å². The molecular formula is C20H25ClN4O. The summed E-state index contributed by atoms with van der Waals surface area (Å²) in [5.41, 5.74) is 8.16. The molecule has 2 aliphatic heterocycles. The summed E-state index contributed by atoms with van der Waals surface area (Å²) in [6.45, 7) is 5.94. The number of hydroxylamine groups is 3. The number of halogens is 1. The maximum absolute atomic E-state index is 6.30. The zero-order valence-electron chi connectivity index (χ0n) is 15.3. The van der Waals surface area contributed by atoms with Crippen LogP contribution in [-0.4, -0.2) is 49.4 Å². The van der Waals surface area contributed by atoms with Gasteiger partial charge in [-0.3, -0.25) is 0 Å². The standard InChI is InChI=1S/C20H25ClN4O/c1-15(22-26-24-11-9-23(2)10-12-24)25-19-6-4-3-5-16(19)13-17-7-8-18(21)14-20(17)25/h3-8,14-15,22H,9-13H2,1-2H3. The molecule has 0 amide bonds. The van der Waals surface area contributed by atoms with E-state index in [4.69, 9.17) is 16.5 Å². The van der Waals surface area contributed by atoms with Gasteiger partial charge in [-0.25, -0.2) is 4.94 Å². The lowest BCUT2D eigenvalue weighted by atomic mass is 9.95. The summed E-state index contributed by atoms with van der Waals surface area (Å²) in [7, 11) is 2.14. The van der Waals surface area contributed by atoms with Gasteiger partial charge in [0.15, 0.2) is 0 Å². The number of nitrogens with one attached hydrogen (secondary N) is 1. The Balaban J connectivity index is 1.55. The molecule has 0 spiro atoms. The van der Waals surface area contributed by atoms with Crippen LogP contribution < -0.4 is 10.4 Å². The van der Waals surface area contributed by atoms with Crippen molar-refractivity contribution in [2.45, 2.75) is 19.5 Å². The van der Waals surface area contributed by atoms with Crippen LogP contribution in [0.2, 0.25) is 5.02 Å². The zero-order chi connectivity index (χ0) is 18.1. The van der Waals surface area contributed by atoms with Gasteiger partial charge in [-0.15, -0.1) is 0 Å². The Morgan fingerprint density at radius 1 is 1.00 bits per heavy atom. The Hall–Kier alpha value is -1.63. The molecule has 6 heteroatoms. The van der Waals surface area contributed by atoms with Crippen molar-refractivity contribution >= 4 is 23.0 Å². The van der Waals surface area contributed by atoms with Crippen LogP contribution in [0.4, 0.5) is 11.4 Å². The summed E-state index contributed by atoms with van der Waals surface area (Å²) in [6.07, 6.45) is 0.888. The smallest absolute Gasteiger partial charge is 0.106 e. The van der Waals surface area contributed by atoms with Gasteiger partial charge in [0.25, 0.3) is 0 Å². The normalized spacial score (nSPS) is 19.1. The third-order valence-electron chi connectivity index (χ3n) is 5.14. The molecule has 1 atom stereocenters. The highest BCUT2D eigenvalue weighted by molar-refractivity contribution is 6.30. The average Bonchev–Trinajstić information content (AvgIpc) is 2.65. The van der Waals surface area contributed by atoms with Crippen LogP contribution in [0.25, 0.3) is 0 Å². The van der Waals surface area contributed by atoms with Crippen LogP contribution in [0, 0.1) is 0 Å². The van der Waals surface area contributed by atoms with Gasteiger partial charge in [0.2, 0.25) is 0 Å². The van der Waals surface area contributed by atoms with E-state index in [0.29, 0.717) is 0 Å². The number of anilines is 2. The highest BCUT2D eigenvalue weighted by atomic mass is 35.5. The Morgan fingerprint density at radius 3 is 2.54 bits per heavy atom. The molecule has 2 heterocycles. The van der Waals surface area contributed by atoms with Crippen LogP contribution >= 0.6 is 11.6 Å². The molecule has 2 aromatic carbocycles. The Kier molecular flexibility index (Phi) is 5.16. The molecule has 1 N–H and O–H groups in total. The summed E-state index contributed by atoms with van der Waals surface area (Å²) in [5.74, 6) is 0. The number of rotatable bonds is 4. The second-order valence-corrected chi connectivity index (χ2v) is 7.50. The third kappa shape index (κ3) is 3.59. The molecule has 2 aromatic rings. The van der Waals surface area contributed by atoms with Gasteiger partial charge >= 0.3 is 0 Å². The topological polar surface area (TPSA) is 31.0 Å². The molecule has 0 radical (unpaired) electrons. The lowest BCUT2D eigenvalue weighted by Crippen LogP contribution is -2.50. The molecular weight excluding hydrogens is 348 g/mol.